The fraction of sp³-hybridized carbons (Fsp3) is 1.00. The summed E-state index contributed by atoms with van der Waals surface area (Å²) in [7, 11) is 0. The first-order chi connectivity index (χ1) is 6.65. The van der Waals surface area contributed by atoms with Gasteiger partial charge in [-0.25, -0.2) is 0 Å². The third kappa shape index (κ3) is 3.47. The molecular formula is C12H25NS. The molecular weight excluding hydrogens is 190 g/mol. The minimum atomic E-state index is 0.590. The van der Waals surface area contributed by atoms with E-state index in [1.807, 2.05) is 0 Å². The van der Waals surface area contributed by atoms with Crippen molar-refractivity contribution in [1.82, 2.24) is 4.90 Å². The third-order valence-corrected chi connectivity index (χ3v) is 4.24. The van der Waals surface area contributed by atoms with Crippen molar-refractivity contribution in [2.45, 2.75) is 40.0 Å². The van der Waals surface area contributed by atoms with Gasteiger partial charge in [0.2, 0.25) is 0 Å². The molecule has 1 unspecified atom stereocenters. The van der Waals surface area contributed by atoms with E-state index in [0.717, 1.165) is 11.7 Å². The summed E-state index contributed by atoms with van der Waals surface area (Å²) in [5.41, 5.74) is 0.590. The van der Waals surface area contributed by atoms with Crippen LogP contribution in [0.25, 0.3) is 0 Å². The summed E-state index contributed by atoms with van der Waals surface area (Å²) in [6, 6.07) is 0. The van der Waals surface area contributed by atoms with Crippen LogP contribution in [0.5, 0.6) is 0 Å². The normalized spacial score (nSPS) is 21.2. The fourth-order valence-electron chi connectivity index (χ4n) is 1.89. The Morgan fingerprint density at radius 1 is 1.36 bits per heavy atom. The maximum atomic E-state index is 4.46. The van der Waals surface area contributed by atoms with Crippen molar-refractivity contribution in [3.8, 4) is 0 Å². The first-order valence-electron chi connectivity index (χ1n) is 5.99. The molecule has 0 heterocycles. The van der Waals surface area contributed by atoms with Crippen molar-refractivity contribution in [2.24, 2.45) is 11.3 Å². The summed E-state index contributed by atoms with van der Waals surface area (Å²) in [6.07, 6.45) is 4.09. The SMILES string of the molecule is CCC(C)CN(CC)CC1(CS)CC1. The van der Waals surface area contributed by atoms with Crippen LogP contribution < -0.4 is 0 Å². The molecule has 0 saturated heterocycles. The molecule has 0 aliphatic heterocycles. The van der Waals surface area contributed by atoms with Gasteiger partial charge < -0.3 is 4.90 Å². The molecule has 14 heavy (non-hydrogen) atoms. The maximum absolute atomic E-state index is 4.46. The average Bonchev–Trinajstić information content (AvgIpc) is 2.97. The van der Waals surface area contributed by atoms with Crippen LogP contribution in [-0.2, 0) is 0 Å². The Balaban J connectivity index is 2.31. The molecule has 0 amide bonds. The highest BCUT2D eigenvalue weighted by Gasteiger charge is 2.42. The van der Waals surface area contributed by atoms with Crippen LogP contribution in [-0.4, -0.2) is 30.3 Å². The van der Waals surface area contributed by atoms with Gasteiger partial charge in [-0.3, -0.25) is 0 Å². The van der Waals surface area contributed by atoms with Gasteiger partial charge in [-0.2, -0.15) is 12.6 Å². The summed E-state index contributed by atoms with van der Waals surface area (Å²) in [5.74, 6) is 1.91. The summed E-state index contributed by atoms with van der Waals surface area (Å²) in [4.78, 5) is 2.61. The van der Waals surface area contributed by atoms with Crippen molar-refractivity contribution >= 4 is 12.6 Å². The third-order valence-electron chi connectivity index (χ3n) is 3.57. The quantitative estimate of drug-likeness (QED) is 0.639. The number of nitrogens with zero attached hydrogens (tertiary/aromatic N) is 1. The van der Waals surface area contributed by atoms with Crippen LogP contribution in [0.15, 0.2) is 0 Å². The lowest BCUT2D eigenvalue weighted by molar-refractivity contribution is 0.209. The number of rotatable bonds is 7. The summed E-state index contributed by atoms with van der Waals surface area (Å²) < 4.78 is 0. The van der Waals surface area contributed by atoms with Crippen LogP contribution in [0.3, 0.4) is 0 Å². The molecule has 1 rings (SSSR count). The molecule has 1 aliphatic carbocycles. The van der Waals surface area contributed by atoms with Crippen molar-refractivity contribution in [2.75, 3.05) is 25.4 Å². The first kappa shape index (κ1) is 12.4. The molecule has 0 N–H and O–H groups in total. The van der Waals surface area contributed by atoms with Gasteiger partial charge in [0, 0.05) is 13.1 Å². The molecule has 84 valence electrons. The van der Waals surface area contributed by atoms with E-state index in [9.17, 15) is 0 Å². The molecule has 1 aliphatic rings. The monoisotopic (exact) mass is 215 g/mol. The van der Waals surface area contributed by atoms with Gasteiger partial charge in [0.05, 0.1) is 0 Å². The van der Waals surface area contributed by atoms with E-state index >= 15 is 0 Å². The number of hydrogen-bond acceptors (Lipinski definition) is 2. The van der Waals surface area contributed by atoms with Crippen LogP contribution in [0.1, 0.15) is 40.0 Å². The molecule has 1 nitrogen and oxygen atoms in total. The van der Waals surface area contributed by atoms with Crippen LogP contribution >= 0.6 is 12.6 Å². The maximum Gasteiger partial charge on any atom is 0.00458 e. The Morgan fingerprint density at radius 2 is 2.00 bits per heavy atom. The standard InChI is InChI=1S/C12H25NS/c1-4-11(3)8-13(5-2)9-12(10-14)6-7-12/h11,14H,4-10H2,1-3H3. The van der Waals surface area contributed by atoms with Crippen molar-refractivity contribution in [3.63, 3.8) is 0 Å². The highest BCUT2D eigenvalue weighted by molar-refractivity contribution is 7.80. The van der Waals surface area contributed by atoms with Gasteiger partial charge in [-0.1, -0.05) is 27.2 Å². The summed E-state index contributed by atoms with van der Waals surface area (Å²) in [6.45, 7) is 10.6. The number of thiol groups is 1. The molecule has 0 aromatic carbocycles. The highest BCUT2D eigenvalue weighted by Crippen LogP contribution is 2.47. The zero-order valence-corrected chi connectivity index (χ0v) is 10.8. The Labute approximate surface area is 94.7 Å². The van der Waals surface area contributed by atoms with Crippen LogP contribution in [0, 0.1) is 11.3 Å². The van der Waals surface area contributed by atoms with E-state index in [2.05, 4.69) is 38.3 Å². The molecule has 0 aromatic rings. The van der Waals surface area contributed by atoms with Crippen molar-refractivity contribution < 1.29 is 0 Å². The van der Waals surface area contributed by atoms with Gasteiger partial charge in [-0.15, -0.1) is 0 Å². The molecule has 1 fully saturated rings. The van der Waals surface area contributed by atoms with Crippen LogP contribution in [0.2, 0.25) is 0 Å². The Bertz CT molecular complexity index is 166. The van der Waals surface area contributed by atoms with Gasteiger partial charge >= 0.3 is 0 Å². The minimum Gasteiger partial charge on any atom is -0.303 e. The lowest BCUT2D eigenvalue weighted by Crippen LogP contribution is -2.34. The largest absolute Gasteiger partial charge is 0.303 e. The van der Waals surface area contributed by atoms with E-state index in [0.29, 0.717) is 5.41 Å². The zero-order chi connectivity index (χ0) is 10.6. The second kappa shape index (κ2) is 5.41. The van der Waals surface area contributed by atoms with E-state index in [1.165, 1.54) is 38.9 Å². The second-order valence-electron chi connectivity index (χ2n) is 5.00. The number of hydrogen-bond donors (Lipinski definition) is 1. The van der Waals surface area contributed by atoms with E-state index < -0.39 is 0 Å². The smallest absolute Gasteiger partial charge is 0.00458 e. The van der Waals surface area contributed by atoms with Gasteiger partial charge in [0.1, 0.15) is 0 Å². The van der Waals surface area contributed by atoms with E-state index in [4.69, 9.17) is 0 Å². The first-order valence-corrected chi connectivity index (χ1v) is 6.62. The molecule has 0 aromatic heterocycles. The Kier molecular flexibility index (Phi) is 4.78. The van der Waals surface area contributed by atoms with Gasteiger partial charge in [0.15, 0.2) is 0 Å². The van der Waals surface area contributed by atoms with Gasteiger partial charge in [0.25, 0.3) is 0 Å². The van der Waals surface area contributed by atoms with E-state index in [1.54, 1.807) is 0 Å². The molecule has 1 saturated carbocycles. The Hall–Kier alpha value is 0.310. The summed E-state index contributed by atoms with van der Waals surface area (Å²) in [5, 5.41) is 0. The minimum absolute atomic E-state index is 0.590. The highest BCUT2D eigenvalue weighted by atomic mass is 32.1. The van der Waals surface area contributed by atoms with E-state index in [-0.39, 0.29) is 0 Å². The molecule has 2 heteroatoms. The lowest BCUT2D eigenvalue weighted by atomic mass is 10.1. The van der Waals surface area contributed by atoms with Gasteiger partial charge in [-0.05, 0) is 36.5 Å². The predicted molar refractivity (Wildman–Crippen MR) is 67.1 cm³/mol. The lowest BCUT2D eigenvalue weighted by Gasteiger charge is -2.27. The molecule has 1 atom stereocenters. The molecule has 0 spiro atoms. The topological polar surface area (TPSA) is 3.24 Å². The molecule has 0 bridgehead atoms. The van der Waals surface area contributed by atoms with Crippen molar-refractivity contribution in [3.05, 3.63) is 0 Å². The van der Waals surface area contributed by atoms with Crippen LogP contribution in [0.4, 0.5) is 0 Å². The Morgan fingerprint density at radius 3 is 2.36 bits per heavy atom. The molecule has 0 radical (unpaired) electrons. The predicted octanol–water partition coefficient (Wildman–Crippen LogP) is 3.06. The second-order valence-corrected chi connectivity index (χ2v) is 5.32. The van der Waals surface area contributed by atoms with Crippen molar-refractivity contribution in [1.29, 1.82) is 0 Å². The summed E-state index contributed by atoms with van der Waals surface area (Å²) >= 11 is 4.46. The zero-order valence-electron chi connectivity index (χ0n) is 9.92. The fourth-order valence-corrected chi connectivity index (χ4v) is 2.31. The average molecular weight is 215 g/mol.